The summed E-state index contributed by atoms with van der Waals surface area (Å²) in [5, 5.41) is 5.80. The minimum atomic E-state index is -0.937. The number of fused-ring (bicyclic) bond motifs is 1. The number of ether oxygens (including phenoxy) is 1. The maximum atomic E-state index is 14.7. The quantitative estimate of drug-likeness (QED) is 0.252. The van der Waals surface area contributed by atoms with Gasteiger partial charge < -0.3 is 39.5 Å². The van der Waals surface area contributed by atoms with Crippen LogP contribution in [0.25, 0.3) is 11.0 Å². The monoisotopic (exact) mass is 661 g/mol. The molecule has 2 heterocycles. The predicted molar refractivity (Wildman–Crippen MR) is 186 cm³/mol. The topological polar surface area (TPSA) is 155 Å². The molecule has 1 atom stereocenters. The van der Waals surface area contributed by atoms with Crippen molar-refractivity contribution in [3.8, 4) is 0 Å². The van der Waals surface area contributed by atoms with E-state index in [4.69, 9.17) is 14.0 Å². The van der Waals surface area contributed by atoms with Crippen molar-refractivity contribution in [2.75, 3.05) is 16.8 Å². The number of hydrogen-bond donors (Lipinski definition) is 4. The first-order valence-corrected chi connectivity index (χ1v) is 16.7. The van der Waals surface area contributed by atoms with Gasteiger partial charge in [0, 0.05) is 29.3 Å². The summed E-state index contributed by atoms with van der Waals surface area (Å²) in [6, 6.07) is 11.6. The molecule has 1 saturated carbocycles. The van der Waals surface area contributed by atoms with Crippen LogP contribution in [-0.4, -0.2) is 64.4 Å². The third kappa shape index (κ3) is 7.62. The summed E-state index contributed by atoms with van der Waals surface area (Å²) in [5.41, 5.74) is 0.0631. The van der Waals surface area contributed by atoms with Crippen molar-refractivity contribution in [2.24, 2.45) is 11.8 Å². The van der Waals surface area contributed by atoms with E-state index in [1.165, 1.54) is 4.90 Å². The molecule has 1 aliphatic heterocycles. The van der Waals surface area contributed by atoms with E-state index in [1.807, 2.05) is 66.7 Å². The number of rotatable bonds is 8. The maximum Gasteiger partial charge on any atom is 0.499 e. The molecule has 0 unspecified atom stereocenters. The molecule has 13 heteroatoms. The Bertz CT molecular complexity index is 1690. The fourth-order valence-corrected chi connectivity index (χ4v) is 6.28. The second-order valence-electron chi connectivity index (χ2n) is 14.9. The second kappa shape index (κ2) is 13.4. The lowest BCUT2D eigenvalue weighted by atomic mass is 9.75. The molecule has 3 aromatic rings. The van der Waals surface area contributed by atoms with Gasteiger partial charge in [0.2, 0.25) is 11.8 Å². The minimum absolute atomic E-state index is 0.190. The van der Waals surface area contributed by atoms with Crippen LogP contribution in [0.1, 0.15) is 81.1 Å². The van der Waals surface area contributed by atoms with Crippen LogP contribution >= 0.6 is 0 Å². The molecule has 2 aromatic carbocycles. The van der Waals surface area contributed by atoms with Gasteiger partial charge in [-0.05, 0) is 111 Å². The Balaban J connectivity index is 1.47. The lowest BCUT2D eigenvalue weighted by molar-refractivity contribution is -0.126. The molecular formula is C35H48BN5O7. The molecule has 3 amide bonds. The number of H-pyrrole nitrogens is 2. The molecule has 4 N–H and O–H groups in total. The largest absolute Gasteiger partial charge is 0.499 e. The summed E-state index contributed by atoms with van der Waals surface area (Å²) in [6.07, 6.45) is 2.15. The first kappa shape index (κ1) is 35.2. The summed E-state index contributed by atoms with van der Waals surface area (Å²) in [6.45, 7) is 15.3. The Labute approximate surface area is 281 Å². The smallest absolute Gasteiger partial charge is 0.444 e. The number of nitrogens with one attached hydrogen (secondary N) is 4. The van der Waals surface area contributed by atoms with E-state index in [0.29, 0.717) is 47.3 Å². The van der Waals surface area contributed by atoms with Crippen molar-refractivity contribution in [2.45, 2.75) is 104 Å². The van der Waals surface area contributed by atoms with Crippen LogP contribution < -0.4 is 26.7 Å². The summed E-state index contributed by atoms with van der Waals surface area (Å²) in [4.78, 5) is 60.5. The van der Waals surface area contributed by atoms with Gasteiger partial charge in [-0.15, -0.1) is 0 Å². The second-order valence-corrected chi connectivity index (χ2v) is 14.9. The lowest BCUT2D eigenvalue weighted by Gasteiger charge is -2.36. The first-order chi connectivity index (χ1) is 22.5. The van der Waals surface area contributed by atoms with E-state index in [9.17, 15) is 19.2 Å². The molecule has 0 radical (unpaired) electrons. The highest BCUT2D eigenvalue weighted by Crippen LogP contribution is 2.39. The van der Waals surface area contributed by atoms with Gasteiger partial charge in [0.1, 0.15) is 11.6 Å². The Morgan fingerprint density at radius 1 is 0.979 bits per heavy atom. The molecule has 12 nitrogen and oxygen atoms in total. The molecule has 0 bridgehead atoms. The van der Waals surface area contributed by atoms with Gasteiger partial charge in [-0.3, -0.25) is 9.59 Å². The van der Waals surface area contributed by atoms with Crippen LogP contribution in [0.3, 0.4) is 0 Å². The number of aromatic nitrogens is 2. The van der Waals surface area contributed by atoms with Gasteiger partial charge in [0.05, 0.1) is 22.2 Å². The number of nitrogens with zero attached hydrogens (tertiary/aromatic N) is 1. The van der Waals surface area contributed by atoms with E-state index in [2.05, 4.69) is 20.6 Å². The molecule has 2 aliphatic rings. The Morgan fingerprint density at radius 3 is 2.21 bits per heavy atom. The number of para-hydroxylation sites is 1. The zero-order valence-corrected chi connectivity index (χ0v) is 29.2. The van der Waals surface area contributed by atoms with Crippen molar-refractivity contribution >= 4 is 52.9 Å². The van der Waals surface area contributed by atoms with Crippen LogP contribution in [0.2, 0.25) is 0 Å². The van der Waals surface area contributed by atoms with Crippen molar-refractivity contribution in [1.29, 1.82) is 0 Å². The van der Waals surface area contributed by atoms with Gasteiger partial charge in [0.25, 0.3) is 0 Å². The van der Waals surface area contributed by atoms with Crippen LogP contribution in [-0.2, 0) is 23.6 Å². The predicted octanol–water partition coefficient (Wildman–Crippen LogP) is 4.85. The third-order valence-corrected chi connectivity index (χ3v) is 9.63. The first-order valence-electron chi connectivity index (χ1n) is 16.7. The van der Waals surface area contributed by atoms with Crippen LogP contribution in [0.4, 0.5) is 16.2 Å². The number of benzene rings is 2. The lowest BCUT2D eigenvalue weighted by Crippen LogP contribution is -2.52. The fourth-order valence-electron chi connectivity index (χ4n) is 6.28. The maximum absolute atomic E-state index is 14.7. The zero-order valence-electron chi connectivity index (χ0n) is 29.2. The Morgan fingerprint density at radius 2 is 1.60 bits per heavy atom. The number of carbonyl (C=O) groups is 3. The number of anilines is 2. The van der Waals surface area contributed by atoms with E-state index < -0.39 is 41.7 Å². The van der Waals surface area contributed by atoms with Crippen LogP contribution in [0.15, 0.2) is 47.3 Å². The molecule has 5 rings (SSSR count). The number of hydrogen-bond acceptors (Lipinski definition) is 7. The van der Waals surface area contributed by atoms with E-state index in [0.717, 1.165) is 12.8 Å². The average molecular weight is 662 g/mol. The zero-order chi connectivity index (χ0) is 35.0. The van der Waals surface area contributed by atoms with Crippen molar-refractivity contribution in [1.82, 2.24) is 15.3 Å². The fraction of sp³-hybridized carbons (Fsp3) is 0.543. The number of aromatic amines is 2. The summed E-state index contributed by atoms with van der Waals surface area (Å²) < 4.78 is 18.3. The Kier molecular flexibility index (Phi) is 9.85. The van der Waals surface area contributed by atoms with Crippen LogP contribution in [0.5, 0.6) is 0 Å². The SMILES string of the molecule is C[C@@H](C(=O)Nc1ccccc1)N(C(=O)C1CCC(CNC(=O)OC(C)(C)C)CC1)c1ccc2[nH]c(=O)[nH]c2c1B1OC(C)(C)C(C)(C)O1. The van der Waals surface area contributed by atoms with E-state index in [1.54, 1.807) is 31.2 Å². The number of imidazole rings is 1. The van der Waals surface area contributed by atoms with Gasteiger partial charge in [-0.25, -0.2) is 9.59 Å². The summed E-state index contributed by atoms with van der Waals surface area (Å²) in [5.74, 6) is -0.760. The molecule has 2 fully saturated rings. The van der Waals surface area contributed by atoms with Gasteiger partial charge in [-0.1, -0.05) is 18.2 Å². The van der Waals surface area contributed by atoms with E-state index >= 15 is 0 Å². The average Bonchev–Trinajstić information content (AvgIpc) is 3.49. The van der Waals surface area contributed by atoms with Crippen LogP contribution in [0, 0.1) is 11.8 Å². The number of amides is 3. The van der Waals surface area contributed by atoms with Gasteiger partial charge in [-0.2, -0.15) is 0 Å². The van der Waals surface area contributed by atoms with Crippen molar-refractivity contribution in [3.05, 3.63) is 52.9 Å². The highest BCUT2D eigenvalue weighted by molar-refractivity contribution is 6.67. The van der Waals surface area contributed by atoms with Gasteiger partial charge in [0.15, 0.2) is 0 Å². The molecule has 258 valence electrons. The van der Waals surface area contributed by atoms with Gasteiger partial charge >= 0.3 is 18.9 Å². The molecule has 0 spiro atoms. The Hall–Kier alpha value is -4.10. The molecular weight excluding hydrogens is 613 g/mol. The molecule has 48 heavy (non-hydrogen) atoms. The number of carbonyl (C=O) groups excluding carboxylic acids is 3. The summed E-state index contributed by atoms with van der Waals surface area (Å²) in [7, 11) is -0.936. The van der Waals surface area contributed by atoms with Crippen molar-refractivity contribution in [3.63, 3.8) is 0 Å². The number of alkyl carbamates (subject to hydrolysis) is 1. The highest BCUT2D eigenvalue weighted by atomic mass is 16.7. The summed E-state index contributed by atoms with van der Waals surface area (Å²) >= 11 is 0. The molecule has 1 aromatic heterocycles. The normalized spacial score (nSPS) is 21.0. The highest BCUT2D eigenvalue weighted by Gasteiger charge is 2.53. The standard InChI is InChI=1S/C35H48BN5O7/c1-21(29(42)38-24-12-10-9-11-13-24)41(30(43)23-16-14-22(15-17-23)20-37-32(45)46-33(2,3)4)26-19-18-25-28(40-31(44)39-25)27(26)36-47-34(5,6)35(7,8)48-36/h9-13,18-19,21-23H,14-17,20H2,1-8H3,(H,37,45)(H,38,42)(H2,39,40,44)/t21-,22?,23?/m0/s1. The molecule has 1 aliphatic carbocycles. The third-order valence-electron chi connectivity index (χ3n) is 9.63. The molecule has 1 saturated heterocycles. The van der Waals surface area contributed by atoms with Crippen molar-refractivity contribution < 1.29 is 28.4 Å². The minimum Gasteiger partial charge on any atom is -0.444 e. The van der Waals surface area contributed by atoms with E-state index in [-0.39, 0.29) is 23.7 Å².